The van der Waals surface area contributed by atoms with Gasteiger partial charge in [-0.25, -0.2) is 16.8 Å². The molecule has 0 bridgehead atoms. The fourth-order valence-corrected chi connectivity index (χ4v) is 7.44. The molecule has 2 fully saturated rings. The van der Waals surface area contributed by atoms with Crippen molar-refractivity contribution in [3.8, 4) is 0 Å². The minimum atomic E-state index is -3.59. The first-order valence-electron chi connectivity index (χ1n) is 8.79. The molecule has 0 unspecified atom stereocenters. The van der Waals surface area contributed by atoms with Crippen LogP contribution in [0.5, 0.6) is 0 Å². The summed E-state index contributed by atoms with van der Waals surface area (Å²) in [7, 11) is -6.89. The molecule has 0 radical (unpaired) electrons. The molecule has 1 aliphatic heterocycles. The Kier molecular flexibility index (Phi) is 5.26. The summed E-state index contributed by atoms with van der Waals surface area (Å²) in [6.07, 6.45) is 3.38. The van der Waals surface area contributed by atoms with E-state index in [2.05, 4.69) is 0 Å². The van der Waals surface area contributed by atoms with Gasteiger partial charge in [0.05, 0.1) is 10.1 Å². The van der Waals surface area contributed by atoms with Crippen LogP contribution in [0.15, 0.2) is 23.1 Å². The van der Waals surface area contributed by atoms with Crippen molar-refractivity contribution in [2.45, 2.75) is 49.7 Å². The van der Waals surface area contributed by atoms with E-state index >= 15 is 0 Å². The molecule has 25 heavy (non-hydrogen) atoms. The van der Waals surface area contributed by atoms with E-state index in [4.69, 9.17) is 0 Å². The van der Waals surface area contributed by atoms with Gasteiger partial charge in [0, 0.05) is 26.2 Å². The van der Waals surface area contributed by atoms with E-state index in [1.807, 2.05) is 19.1 Å². The van der Waals surface area contributed by atoms with Gasteiger partial charge in [0.2, 0.25) is 20.0 Å². The molecule has 0 aromatic heterocycles. The lowest BCUT2D eigenvalue weighted by molar-refractivity contribution is 0.270. The van der Waals surface area contributed by atoms with Gasteiger partial charge in [-0.3, -0.25) is 0 Å². The molecule has 6 nitrogen and oxygen atoms in total. The highest BCUT2D eigenvalue weighted by molar-refractivity contribution is 7.90. The Labute approximate surface area is 150 Å². The molecule has 1 saturated heterocycles. The van der Waals surface area contributed by atoms with Gasteiger partial charge in [-0.1, -0.05) is 25.0 Å². The van der Waals surface area contributed by atoms with E-state index in [1.165, 1.54) is 8.61 Å². The SMILES string of the molecule is Cc1ccc(C)c(S(=O)(=O)N2CCN(S(=O)(=O)C3CCCC3)CC2)c1. The summed E-state index contributed by atoms with van der Waals surface area (Å²) in [6, 6.07) is 5.38. The zero-order chi connectivity index (χ0) is 18.2. The van der Waals surface area contributed by atoms with Crippen molar-refractivity contribution in [2.24, 2.45) is 0 Å². The highest BCUT2D eigenvalue weighted by Crippen LogP contribution is 2.29. The number of benzene rings is 1. The molecule has 2 aliphatic rings. The Morgan fingerprint density at radius 2 is 1.44 bits per heavy atom. The van der Waals surface area contributed by atoms with Gasteiger partial charge in [0.1, 0.15) is 0 Å². The van der Waals surface area contributed by atoms with Crippen LogP contribution in [0.3, 0.4) is 0 Å². The van der Waals surface area contributed by atoms with Crippen molar-refractivity contribution in [2.75, 3.05) is 26.2 Å². The van der Waals surface area contributed by atoms with Crippen LogP contribution in [-0.2, 0) is 20.0 Å². The van der Waals surface area contributed by atoms with E-state index < -0.39 is 20.0 Å². The molecule has 140 valence electrons. The average Bonchev–Trinajstić information content (AvgIpc) is 3.12. The molecule has 1 heterocycles. The molecule has 0 N–H and O–H groups in total. The fourth-order valence-electron chi connectivity index (χ4n) is 3.69. The summed E-state index contributed by atoms with van der Waals surface area (Å²) in [6.45, 7) is 4.55. The molecule has 0 amide bonds. The Morgan fingerprint density at radius 3 is 2.04 bits per heavy atom. The van der Waals surface area contributed by atoms with Crippen LogP contribution in [0, 0.1) is 13.8 Å². The van der Waals surface area contributed by atoms with Crippen molar-refractivity contribution in [3.63, 3.8) is 0 Å². The van der Waals surface area contributed by atoms with Crippen LogP contribution in [-0.4, -0.2) is 56.9 Å². The van der Waals surface area contributed by atoms with E-state index in [9.17, 15) is 16.8 Å². The van der Waals surface area contributed by atoms with Gasteiger partial charge in [-0.2, -0.15) is 8.61 Å². The summed E-state index contributed by atoms with van der Waals surface area (Å²) in [4.78, 5) is 0.319. The lowest BCUT2D eigenvalue weighted by Gasteiger charge is -2.34. The Hall–Kier alpha value is -0.960. The van der Waals surface area contributed by atoms with Gasteiger partial charge in [0.25, 0.3) is 0 Å². The summed E-state index contributed by atoms with van der Waals surface area (Å²) in [5.74, 6) is 0. The van der Waals surface area contributed by atoms with E-state index in [0.717, 1.165) is 31.2 Å². The van der Waals surface area contributed by atoms with Gasteiger partial charge in [-0.15, -0.1) is 0 Å². The topological polar surface area (TPSA) is 74.8 Å². The number of sulfonamides is 2. The minimum Gasteiger partial charge on any atom is -0.212 e. The highest BCUT2D eigenvalue weighted by Gasteiger charge is 2.38. The molecule has 0 spiro atoms. The molecule has 1 saturated carbocycles. The van der Waals surface area contributed by atoms with Crippen molar-refractivity contribution in [1.29, 1.82) is 0 Å². The maximum Gasteiger partial charge on any atom is 0.243 e. The number of piperazine rings is 1. The van der Waals surface area contributed by atoms with Crippen LogP contribution in [0.2, 0.25) is 0 Å². The molecule has 0 atom stereocenters. The van der Waals surface area contributed by atoms with Gasteiger partial charge >= 0.3 is 0 Å². The number of rotatable bonds is 4. The van der Waals surface area contributed by atoms with Gasteiger partial charge in [-0.05, 0) is 43.9 Å². The number of aryl methyl sites for hydroxylation is 2. The van der Waals surface area contributed by atoms with E-state index in [1.54, 1.807) is 13.0 Å². The normalized spacial score (nSPS) is 21.7. The lowest BCUT2D eigenvalue weighted by atomic mass is 10.2. The monoisotopic (exact) mass is 386 g/mol. The first kappa shape index (κ1) is 18.8. The van der Waals surface area contributed by atoms with E-state index in [0.29, 0.717) is 10.5 Å². The number of nitrogens with zero attached hydrogens (tertiary/aromatic N) is 2. The zero-order valence-corrected chi connectivity index (χ0v) is 16.4. The smallest absolute Gasteiger partial charge is 0.212 e. The summed E-state index contributed by atoms with van der Waals surface area (Å²) in [5, 5.41) is -0.283. The third-order valence-electron chi connectivity index (χ3n) is 5.24. The van der Waals surface area contributed by atoms with Gasteiger partial charge in [0.15, 0.2) is 0 Å². The molecule has 1 aromatic rings. The molecule has 8 heteroatoms. The Bertz CT molecular complexity index is 835. The molecule has 3 rings (SSSR count). The summed E-state index contributed by atoms with van der Waals surface area (Å²) < 4.78 is 54.1. The van der Waals surface area contributed by atoms with Crippen molar-refractivity contribution < 1.29 is 16.8 Å². The van der Waals surface area contributed by atoms with Crippen LogP contribution in [0.25, 0.3) is 0 Å². The first-order chi connectivity index (χ1) is 11.7. The second-order valence-corrected chi connectivity index (χ2v) is 11.1. The van der Waals surface area contributed by atoms with Crippen molar-refractivity contribution >= 4 is 20.0 Å². The van der Waals surface area contributed by atoms with Crippen LogP contribution < -0.4 is 0 Å². The third-order valence-corrected chi connectivity index (χ3v) is 9.68. The molecular formula is C17H26N2O4S2. The predicted molar refractivity (Wildman–Crippen MR) is 97.4 cm³/mol. The largest absolute Gasteiger partial charge is 0.243 e. The quantitative estimate of drug-likeness (QED) is 0.792. The maximum absolute atomic E-state index is 12.9. The second kappa shape index (κ2) is 6.98. The third kappa shape index (κ3) is 3.63. The molecule has 1 aliphatic carbocycles. The first-order valence-corrected chi connectivity index (χ1v) is 11.7. The van der Waals surface area contributed by atoms with Gasteiger partial charge < -0.3 is 0 Å². The van der Waals surface area contributed by atoms with Crippen LogP contribution >= 0.6 is 0 Å². The average molecular weight is 387 g/mol. The fraction of sp³-hybridized carbons (Fsp3) is 0.647. The summed E-state index contributed by atoms with van der Waals surface area (Å²) in [5.41, 5.74) is 1.61. The molecule has 1 aromatic carbocycles. The summed E-state index contributed by atoms with van der Waals surface area (Å²) >= 11 is 0. The predicted octanol–water partition coefficient (Wildman–Crippen LogP) is 1.88. The standard InChI is InChI=1S/C17H26N2O4S2/c1-14-7-8-15(2)17(13-14)25(22,23)19-11-9-18(10-12-19)24(20,21)16-5-3-4-6-16/h7-8,13,16H,3-6,9-12H2,1-2H3. The lowest BCUT2D eigenvalue weighted by Crippen LogP contribution is -2.52. The Balaban J connectivity index is 1.74. The molecular weight excluding hydrogens is 360 g/mol. The zero-order valence-electron chi connectivity index (χ0n) is 14.8. The van der Waals surface area contributed by atoms with Crippen LogP contribution in [0.4, 0.5) is 0 Å². The van der Waals surface area contributed by atoms with Crippen LogP contribution in [0.1, 0.15) is 36.8 Å². The minimum absolute atomic E-state index is 0.210. The maximum atomic E-state index is 12.9. The second-order valence-electron chi connectivity index (χ2n) is 7.02. The van der Waals surface area contributed by atoms with Crippen molar-refractivity contribution in [3.05, 3.63) is 29.3 Å². The number of hydrogen-bond donors (Lipinski definition) is 0. The highest BCUT2D eigenvalue weighted by atomic mass is 32.2. The van der Waals surface area contributed by atoms with Crippen molar-refractivity contribution in [1.82, 2.24) is 8.61 Å². The Morgan fingerprint density at radius 1 is 0.880 bits per heavy atom. The van der Waals surface area contributed by atoms with E-state index in [-0.39, 0.29) is 31.4 Å². The number of hydrogen-bond acceptors (Lipinski definition) is 4.